The molecule has 1 aliphatic heterocycles. The van der Waals surface area contributed by atoms with Crippen LogP contribution >= 0.6 is 11.6 Å². The monoisotopic (exact) mass is 252 g/mol. The minimum absolute atomic E-state index is 0.0630. The van der Waals surface area contributed by atoms with E-state index in [1.165, 1.54) is 0 Å². The average molecular weight is 253 g/mol. The van der Waals surface area contributed by atoms with Crippen molar-refractivity contribution in [3.63, 3.8) is 0 Å². The average Bonchev–Trinajstić information content (AvgIpc) is 2.32. The molecule has 1 aromatic heterocycles. The number of likely N-dealkylation sites (tertiary alicyclic amines) is 1. The summed E-state index contributed by atoms with van der Waals surface area (Å²) in [5, 5.41) is 0.0654. The van der Waals surface area contributed by atoms with E-state index in [0.717, 1.165) is 18.7 Å². The molecule has 1 amide bonds. The summed E-state index contributed by atoms with van der Waals surface area (Å²) in [6.45, 7) is 5.46. The summed E-state index contributed by atoms with van der Waals surface area (Å²) in [5.41, 5.74) is 1.57. The van der Waals surface area contributed by atoms with Gasteiger partial charge in [-0.3, -0.25) is 9.78 Å². The number of carbonyl (C=O) groups is 1. The summed E-state index contributed by atoms with van der Waals surface area (Å²) in [7, 11) is 0. The Kier molecular flexibility index (Phi) is 3.67. The van der Waals surface area contributed by atoms with Gasteiger partial charge in [0.1, 0.15) is 0 Å². The molecule has 2 rings (SSSR count). The van der Waals surface area contributed by atoms with E-state index in [1.807, 2.05) is 17.9 Å². The Labute approximate surface area is 107 Å². The number of aromatic nitrogens is 1. The first kappa shape index (κ1) is 12.4. The summed E-state index contributed by atoms with van der Waals surface area (Å²) in [6, 6.07) is 3.58. The third kappa shape index (κ3) is 2.78. The molecule has 1 aliphatic rings. The molecule has 0 aromatic carbocycles. The predicted molar refractivity (Wildman–Crippen MR) is 68.3 cm³/mol. The van der Waals surface area contributed by atoms with Gasteiger partial charge in [-0.2, -0.15) is 0 Å². The molecule has 2 heterocycles. The lowest BCUT2D eigenvalue weighted by Crippen LogP contribution is -2.43. The number of carbonyl (C=O) groups excluding carboxylic acids is 1. The van der Waals surface area contributed by atoms with Crippen molar-refractivity contribution in [3.8, 4) is 0 Å². The SMILES string of the molecule is Cc1cc(C(=O)N2CCC(C)C(Cl)C2)ccn1. The molecule has 2 atom stereocenters. The van der Waals surface area contributed by atoms with Crippen molar-refractivity contribution in [3.05, 3.63) is 29.6 Å². The summed E-state index contributed by atoms with van der Waals surface area (Å²) in [6.07, 6.45) is 2.65. The minimum Gasteiger partial charge on any atom is -0.337 e. The van der Waals surface area contributed by atoms with Gasteiger partial charge in [0.25, 0.3) is 5.91 Å². The van der Waals surface area contributed by atoms with E-state index in [0.29, 0.717) is 18.0 Å². The second kappa shape index (κ2) is 5.05. The second-order valence-electron chi connectivity index (χ2n) is 4.72. The topological polar surface area (TPSA) is 33.2 Å². The number of hydrogen-bond acceptors (Lipinski definition) is 2. The van der Waals surface area contributed by atoms with Crippen LogP contribution in [0.15, 0.2) is 18.3 Å². The maximum Gasteiger partial charge on any atom is 0.254 e. The molecule has 4 heteroatoms. The van der Waals surface area contributed by atoms with Crippen LogP contribution in [-0.4, -0.2) is 34.3 Å². The zero-order chi connectivity index (χ0) is 12.4. The van der Waals surface area contributed by atoms with Gasteiger partial charge in [-0.15, -0.1) is 11.6 Å². The quantitative estimate of drug-likeness (QED) is 0.720. The number of halogens is 1. The van der Waals surface area contributed by atoms with Crippen molar-refractivity contribution in [2.75, 3.05) is 13.1 Å². The largest absolute Gasteiger partial charge is 0.337 e. The maximum absolute atomic E-state index is 12.2. The molecule has 0 saturated carbocycles. The fraction of sp³-hybridized carbons (Fsp3) is 0.538. The van der Waals surface area contributed by atoms with E-state index in [4.69, 9.17) is 11.6 Å². The summed E-state index contributed by atoms with van der Waals surface area (Å²) in [5.74, 6) is 0.549. The van der Waals surface area contributed by atoms with Gasteiger partial charge in [-0.05, 0) is 31.4 Å². The molecule has 17 heavy (non-hydrogen) atoms. The molecular formula is C13H17ClN2O. The Morgan fingerprint density at radius 3 is 3.00 bits per heavy atom. The zero-order valence-corrected chi connectivity index (χ0v) is 10.9. The van der Waals surface area contributed by atoms with Crippen molar-refractivity contribution in [2.24, 2.45) is 5.92 Å². The lowest BCUT2D eigenvalue weighted by Gasteiger charge is -2.34. The van der Waals surface area contributed by atoms with Crippen LogP contribution in [0.25, 0.3) is 0 Å². The van der Waals surface area contributed by atoms with Gasteiger partial charge in [-0.25, -0.2) is 0 Å². The summed E-state index contributed by atoms with van der Waals surface area (Å²) < 4.78 is 0. The number of aryl methyl sites for hydroxylation is 1. The van der Waals surface area contributed by atoms with Gasteiger partial charge in [0.2, 0.25) is 0 Å². The van der Waals surface area contributed by atoms with Crippen molar-refractivity contribution in [1.29, 1.82) is 0 Å². The number of hydrogen-bond donors (Lipinski definition) is 0. The van der Waals surface area contributed by atoms with E-state index < -0.39 is 0 Å². The highest BCUT2D eigenvalue weighted by molar-refractivity contribution is 6.21. The first-order valence-corrected chi connectivity index (χ1v) is 6.37. The van der Waals surface area contributed by atoms with Crippen LogP contribution in [-0.2, 0) is 0 Å². The van der Waals surface area contributed by atoms with Crippen LogP contribution in [0.4, 0.5) is 0 Å². The van der Waals surface area contributed by atoms with E-state index in [1.54, 1.807) is 12.3 Å². The Balaban J connectivity index is 2.10. The van der Waals surface area contributed by atoms with Gasteiger partial charge >= 0.3 is 0 Å². The van der Waals surface area contributed by atoms with Gasteiger partial charge in [0, 0.05) is 30.5 Å². The minimum atomic E-state index is 0.0630. The van der Waals surface area contributed by atoms with Crippen LogP contribution in [0.3, 0.4) is 0 Å². The Hall–Kier alpha value is -1.09. The zero-order valence-electron chi connectivity index (χ0n) is 10.2. The molecule has 0 N–H and O–H groups in total. The standard InChI is InChI=1S/C13H17ClN2O/c1-9-4-6-16(8-12(9)14)13(17)11-3-5-15-10(2)7-11/h3,5,7,9,12H,4,6,8H2,1-2H3. The van der Waals surface area contributed by atoms with Crippen LogP contribution in [0, 0.1) is 12.8 Å². The van der Waals surface area contributed by atoms with Crippen molar-refractivity contribution in [2.45, 2.75) is 25.6 Å². The molecule has 1 fully saturated rings. The molecule has 0 bridgehead atoms. The van der Waals surface area contributed by atoms with Gasteiger partial charge < -0.3 is 4.90 Å². The van der Waals surface area contributed by atoms with Crippen molar-refractivity contribution >= 4 is 17.5 Å². The molecule has 0 radical (unpaired) electrons. The smallest absolute Gasteiger partial charge is 0.254 e. The fourth-order valence-corrected chi connectivity index (χ4v) is 2.36. The van der Waals surface area contributed by atoms with Gasteiger partial charge in [0.05, 0.1) is 5.38 Å². The summed E-state index contributed by atoms with van der Waals surface area (Å²) >= 11 is 6.22. The van der Waals surface area contributed by atoms with E-state index in [-0.39, 0.29) is 11.3 Å². The van der Waals surface area contributed by atoms with E-state index in [9.17, 15) is 4.79 Å². The Morgan fingerprint density at radius 2 is 2.35 bits per heavy atom. The highest BCUT2D eigenvalue weighted by atomic mass is 35.5. The molecule has 1 saturated heterocycles. The normalized spacial score (nSPS) is 24.8. The van der Waals surface area contributed by atoms with Gasteiger partial charge in [0.15, 0.2) is 0 Å². The third-order valence-corrected chi connectivity index (χ3v) is 3.87. The third-order valence-electron chi connectivity index (χ3n) is 3.30. The Bertz CT molecular complexity index is 422. The first-order chi connectivity index (χ1) is 8.08. The predicted octanol–water partition coefficient (Wildman–Crippen LogP) is 2.48. The second-order valence-corrected chi connectivity index (χ2v) is 5.28. The number of alkyl halides is 1. The molecule has 1 aromatic rings. The number of piperidine rings is 1. The molecule has 0 aliphatic carbocycles. The first-order valence-electron chi connectivity index (χ1n) is 5.94. The number of pyridine rings is 1. The Morgan fingerprint density at radius 1 is 1.59 bits per heavy atom. The lowest BCUT2D eigenvalue weighted by molar-refractivity contribution is 0.0701. The van der Waals surface area contributed by atoms with Crippen LogP contribution < -0.4 is 0 Å². The maximum atomic E-state index is 12.2. The highest BCUT2D eigenvalue weighted by Gasteiger charge is 2.27. The summed E-state index contributed by atoms with van der Waals surface area (Å²) in [4.78, 5) is 18.2. The number of nitrogens with zero attached hydrogens (tertiary/aromatic N) is 2. The molecule has 0 spiro atoms. The molecule has 92 valence electrons. The van der Waals surface area contributed by atoms with Crippen molar-refractivity contribution < 1.29 is 4.79 Å². The molecular weight excluding hydrogens is 236 g/mol. The van der Waals surface area contributed by atoms with E-state index in [2.05, 4.69) is 11.9 Å². The van der Waals surface area contributed by atoms with E-state index >= 15 is 0 Å². The lowest BCUT2D eigenvalue weighted by atomic mass is 9.98. The van der Waals surface area contributed by atoms with Crippen molar-refractivity contribution in [1.82, 2.24) is 9.88 Å². The fourth-order valence-electron chi connectivity index (χ4n) is 2.07. The van der Waals surface area contributed by atoms with Gasteiger partial charge in [-0.1, -0.05) is 6.92 Å². The highest BCUT2D eigenvalue weighted by Crippen LogP contribution is 2.23. The molecule has 3 nitrogen and oxygen atoms in total. The van der Waals surface area contributed by atoms with Crippen LogP contribution in [0.1, 0.15) is 29.4 Å². The van der Waals surface area contributed by atoms with Crippen LogP contribution in [0.2, 0.25) is 0 Å². The van der Waals surface area contributed by atoms with Crippen LogP contribution in [0.5, 0.6) is 0 Å². The number of rotatable bonds is 1. The number of amides is 1. The molecule has 2 unspecified atom stereocenters.